The highest BCUT2D eigenvalue weighted by atomic mass is 35.5. The van der Waals surface area contributed by atoms with Crippen molar-refractivity contribution in [1.29, 1.82) is 0 Å². The summed E-state index contributed by atoms with van der Waals surface area (Å²) >= 11 is 0. The Morgan fingerprint density at radius 3 is 2.56 bits per heavy atom. The third-order valence-corrected chi connectivity index (χ3v) is 2.30. The third kappa shape index (κ3) is 3.74. The van der Waals surface area contributed by atoms with E-state index in [1.807, 2.05) is 17.9 Å². The van der Waals surface area contributed by atoms with Crippen molar-refractivity contribution in [3.63, 3.8) is 0 Å². The van der Waals surface area contributed by atoms with E-state index in [1.54, 1.807) is 18.2 Å². The molecule has 0 aliphatic heterocycles. The molecule has 0 atom stereocenters. The fraction of sp³-hybridized carbons (Fsp3) is 0.417. The summed E-state index contributed by atoms with van der Waals surface area (Å²) in [6, 6.07) is 7.12. The van der Waals surface area contributed by atoms with Crippen molar-refractivity contribution in [2.75, 3.05) is 18.8 Å². The number of carbonyl (C=O) groups excluding carboxylic acids is 1. The molecule has 0 aliphatic rings. The lowest BCUT2D eigenvalue weighted by molar-refractivity contribution is 0.0764. The topological polar surface area (TPSA) is 46.3 Å². The summed E-state index contributed by atoms with van der Waals surface area (Å²) < 4.78 is 0. The summed E-state index contributed by atoms with van der Waals surface area (Å²) in [7, 11) is 0. The molecule has 0 radical (unpaired) electrons. The van der Waals surface area contributed by atoms with Crippen LogP contribution >= 0.6 is 12.4 Å². The van der Waals surface area contributed by atoms with E-state index in [4.69, 9.17) is 5.73 Å². The monoisotopic (exact) mass is 242 g/mol. The molecular weight excluding hydrogens is 224 g/mol. The van der Waals surface area contributed by atoms with Crippen molar-refractivity contribution in [3.8, 4) is 0 Å². The van der Waals surface area contributed by atoms with E-state index in [-0.39, 0.29) is 18.3 Å². The molecule has 0 aromatic heterocycles. The minimum atomic E-state index is 0. The largest absolute Gasteiger partial charge is 0.399 e. The summed E-state index contributed by atoms with van der Waals surface area (Å²) in [5.74, 6) is 0.0617. The Morgan fingerprint density at radius 2 is 2.06 bits per heavy atom. The highest BCUT2D eigenvalue weighted by Gasteiger charge is 2.12. The Bertz CT molecular complexity index is 342. The zero-order chi connectivity index (χ0) is 11.3. The van der Waals surface area contributed by atoms with Crippen LogP contribution in [0.4, 0.5) is 5.69 Å². The van der Waals surface area contributed by atoms with Gasteiger partial charge in [0.1, 0.15) is 0 Å². The average molecular weight is 243 g/mol. The van der Waals surface area contributed by atoms with E-state index >= 15 is 0 Å². The number of nitrogen functional groups attached to an aromatic ring is 1. The molecule has 1 amide bonds. The van der Waals surface area contributed by atoms with Crippen LogP contribution in [0.25, 0.3) is 0 Å². The maximum Gasteiger partial charge on any atom is 0.253 e. The Balaban J connectivity index is 0.00000225. The van der Waals surface area contributed by atoms with Crippen LogP contribution in [0.1, 0.15) is 30.6 Å². The Hall–Kier alpha value is -1.22. The van der Waals surface area contributed by atoms with Gasteiger partial charge in [-0.05, 0) is 31.5 Å². The molecule has 1 rings (SSSR count). The summed E-state index contributed by atoms with van der Waals surface area (Å²) in [5.41, 5.74) is 6.95. The summed E-state index contributed by atoms with van der Waals surface area (Å²) in [6.07, 6.45) is 0.974. The molecule has 0 saturated heterocycles. The van der Waals surface area contributed by atoms with Gasteiger partial charge in [0.15, 0.2) is 0 Å². The van der Waals surface area contributed by atoms with E-state index in [1.165, 1.54) is 0 Å². The molecule has 0 unspecified atom stereocenters. The number of halogens is 1. The van der Waals surface area contributed by atoms with Crippen LogP contribution in [0.3, 0.4) is 0 Å². The van der Waals surface area contributed by atoms with Gasteiger partial charge in [0.25, 0.3) is 5.91 Å². The number of hydrogen-bond acceptors (Lipinski definition) is 2. The number of hydrogen-bond donors (Lipinski definition) is 1. The number of carbonyl (C=O) groups is 1. The molecule has 0 spiro atoms. The number of anilines is 1. The molecule has 2 N–H and O–H groups in total. The molecule has 16 heavy (non-hydrogen) atoms. The Morgan fingerprint density at radius 1 is 1.38 bits per heavy atom. The molecule has 3 nitrogen and oxygen atoms in total. The van der Waals surface area contributed by atoms with Gasteiger partial charge >= 0.3 is 0 Å². The minimum absolute atomic E-state index is 0. The van der Waals surface area contributed by atoms with Crippen LogP contribution in [-0.4, -0.2) is 23.9 Å². The van der Waals surface area contributed by atoms with Gasteiger partial charge in [-0.2, -0.15) is 0 Å². The number of rotatable bonds is 4. The molecule has 0 saturated carbocycles. The zero-order valence-electron chi connectivity index (χ0n) is 9.77. The lowest BCUT2D eigenvalue weighted by Crippen LogP contribution is -2.31. The average Bonchev–Trinajstić information content (AvgIpc) is 2.25. The number of amides is 1. The number of benzene rings is 1. The molecule has 1 aromatic rings. The maximum absolute atomic E-state index is 12.0. The van der Waals surface area contributed by atoms with Gasteiger partial charge in [0, 0.05) is 24.3 Å². The van der Waals surface area contributed by atoms with Gasteiger partial charge in [-0.15, -0.1) is 12.4 Å². The number of nitrogens with two attached hydrogens (primary N) is 1. The quantitative estimate of drug-likeness (QED) is 0.825. The first-order chi connectivity index (χ1) is 7.19. The van der Waals surface area contributed by atoms with Crippen LogP contribution in [-0.2, 0) is 0 Å². The van der Waals surface area contributed by atoms with Crippen molar-refractivity contribution in [2.24, 2.45) is 0 Å². The first-order valence-corrected chi connectivity index (χ1v) is 5.33. The normalized spacial score (nSPS) is 9.38. The van der Waals surface area contributed by atoms with Crippen LogP contribution < -0.4 is 5.73 Å². The lowest BCUT2D eigenvalue weighted by atomic mass is 10.1. The van der Waals surface area contributed by atoms with E-state index in [0.717, 1.165) is 19.5 Å². The first kappa shape index (κ1) is 14.8. The summed E-state index contributed by atoms with van der Waals surface area (Å²) in [5, 5.41) is 0. The molecule has 0 aliphatic carbocycles. The van der Waals surface area contributed by atoms with Crippen LogP contribution in [0.2, 0.25) is 0 Å². The molecular formula is C12H19ClN2O. The second-order valence-electron chi connectivity index (χ2n) is 3.51. The van der Waals surface area contributed by atoms with Crippen molar-refractivity contribution in [1.82, 2.24) is 4.90 Å². The highest BCUT2D eigenvalue weighted by molar-refractivity contribution is 5.95. The summed E-state index contributed by atoms with van der Waals surface area (Å²) in [4.78, 5) is 13.8. The standard InChI is InChI=1S/C12H18N2O.ClH/c1-3-8-14(4-2)12(15)10-6-5-7-11(13)9-10;/h5-7,9H,3-4,8,13H2,1-2H3;1H. The van der Waals surface area contributed by atoms with Crippen molar-refractivity contribution in [3.05, 3.63) is 29.8 Å². The maximum atomic E-state index is 12.0. The van der Waals surface area contributed by atoms with Gasteiger partial charge in [0.2, 0.25) is 0 Å². The van der Waals surface area contributed by atoms with Crippen molar-refractivity contribution in [2.45, 2.75) is 20.3 Å². The SMILES string of the molecule is CCCN(CC)C(=O)c1cccc(N)c1.Cl. The zero-order valence-corrected chi connectivity index (χ0v) is 10.6. The molecule has 0 heterocycles. The fourth-order valence-electron chi connectivity index (χ4n) is 1.53. The fourth-order valence-corrected chi connectivity index (χ4v) is 1.53. The van der Waals surface area contributed by atoms with E-state index < -0.39 is 0 Å². The van der Waals surface area contributed by atoms with Crippen LogP contribution in [0, 0.1) is 0 Å². The number of nitrogens with zero attached hydrogens (tertiary/aromatic N) is 1. The third-order valence-electron chi connectivity index (χ3n) is 2.30. The van der Waals surface area contributed by atoms with E-state index in [2.05, 4.69) is 6.92 Å². The molecule has 0 fully saturated rings. The Labute approximate surface area is 103 Å². The minimum Gasteiger partial charge on any atom is -0.399 e. The lowest BCUT2D eigenvalue weighted by Gasteiger charge is -2.20. The van der Waals surface area contributed by atoms with E-state index in [9.17, 15) is 4.79 Å². The van der Waals surface area contributed by atoms with Crippen molar-refractivity contribution >= 4 is 24.0 Å². The summed E-state index contributed by atoms with van der Waals surface area (Å²) in [6.45, 7) is 5.58. The van der Waals surface area contributed by atoms with Gasteiger partial charge in [0.05, 0.1) is 0 Å². The molecule has 0 bridgehead atoms. The second-order valence-corrected chi connectivity index (χ2v) is 3.51. The predicted octanol–water partition coefficient (Wildman–Crippen LogP) is 2.56. The van der Waals surface area contributed by atoms with Gasteiger partial charge < -0.3 is 10.6 Å². The first-order valence-electron chi connectivity index (χ1n) is 5.33. The molecule has 90 valence electrons. The predicted molar refractivity (Wildman–Crippen MR) is 70.0 cm³/mol. The van der Waals surface area contributed by atoms with Gasteiger partial charge in [-0.1, -0.05) is 13.0 Å². The highest BCUT2D eigenvalue weighted by Crippen LogP contribution is 2.09. The molecule has 4 heteroatoms. The van der Waals surface area contributed by atoms with Crippen molar-refractivity contribution < 1.29 is 4.79 Å². The smallest absolute Gasteiger partial charge is 0.253 e. The second kappa shape index (κ2) is 7.12. The van der Waals surface area contributed by atoms with Gasteiger partial charge in [-0.25, -0.2) is 0 Å². The van der Waals surface area contributed by atoms with Crippen LogP contribution in [0.5, 0.6) is 0 Å². The van der Waals surface area contributed by atoms with Crippen LogP contribution in [0.15, 0.2) is 24.3 Å². The van der Waals surface area contributed by atoms with Gasteiger partial charge in [-0.3, -0.25) is 4.79 Å². The molecule has 1 aromatic carbocycles. The van der Waals surface area contributed by atoms with E-state index in [0.29, 0.717) is 11.3 Å². The Kier molecular flexibility index (Phi) is 6.58.